The summed E-state index contributed by atoms with van der Waals surface area (Å²) in [6.45, 7) is 1.80. The number of methoxy groups -OCH3 is 2. The number of benzene rings is 1. The lowest BCUT2D eigenvalue weighted by atomic mass is 10.1. The van der Waals surface area contributed by atoms with Gasteiger partial charge in [-0.25, -0.2) is 0 Å². The summed E-state index contributed by atoms with van der Waals surface area (Å²) < 4.78 is 21.0. The molecule has 2 heterocycles. The monoisotopic (exact) mass is 431 g/mol. The molecular formula is C22H29N3O6. The van der Waals surface area contributed by atoms with Crippen molar-refractivity contribution in [3.63, 3.8) is 0 Å². The second kappa shape index (κ2) is 11.5. The number of rotatable bonds is 11. The van der Waals surface area contributed by atoms with E-state index in [1.807, 2.05) is 24.3 Å². The Labute approximate surface area is 181 Å². The molecular weight excluding hydrogens is 402 g/mol. The van der Waals surface area contributed by atoms with Gasteiger partial charge in [0.1, 0.15) is 12.4 Å². The Morgan fingerprint density at radius 3 is 2.74 bits per heavy atom. The van der Waals surface area contributed by atoms with E-state index >= 15 is 0 Å². The van der Waals surface area contributed by atoms with Crippen LogP contribution < -0.4 is 10.1 Å². The predicted octanol–water partition coefficient (Wildman–Crippen LogP) is 1.81. The van der Waals surface area contributed by atoms with Crippen molar-refractivity contribution < 1.29 is 28.3 Å². The highest BCUT2D eigenvalue weighted by Crippen LogP contribution is 2.16. The fourth-order valence-corrected chi connectivity index (χ4v) is 3.39. The topological polar surface area (TPSA) is 103 Å². The van der Waals surface area contributed by atoms with Crippen LogP contribution in [-0.4, -0.2) is 68.5 Å². The fourth-order valence-electron chi connectivity index (χ4n) is 3.39. The first-order valence-electron chi connectivity index (χ1n) is 10.3. The zero-order valence-electron chi connectivity index (χ0n) is 18.0. The molecule has 1 atom stereocenters. The van der Waals surface area contributed by atoms with Gasteiger partial charge in [0, 0.05) is 32.9 Å². The Morgan fingerprint density at radius 1 is 1.26 bits per heavy atom. The van der Waals surface area contributed by atoms with Crippen molar-refractivity contribution in [1.29, 1.82) is 0 Å². The Hall–Kier alpha value is -2.91. The Balaban J connectivity index is 1.51. The molecule has 1 saturated heterocycles. The van der Waals surface area contributed by atoms with Crippen LogP contribution in [0.15, 0.2) is 34.9 Å². The minimum atomic E-state index is -0.322. The average molecular weight is 431 g/mol. The number of nitrogens with zero attached hydrogens (tertiary/aromatic N) is 2. The molecule has 0 bridgehead atoms. The van der Waals surface area contributed by atoms with E-state index in [1.165, 1.54) is 7.11 Å². The normalized spacial score (nSPS) is 15.6. The molecule has 1 N–H and O–H groups in total. The number of amides is 2. The molecule has 2 amide bonds. The van der Waals surface area contributed by atoms with Crippen LogP contribution in [-0.2, 0) is 27.2 Å². The van der Waals surface area contributed by atoms with E-state index in [0.717, 1.165) is 24.2 Å². The minimum Gasteiger partial charge on any atom is -0.497 e. The molecule has 1 aliphatic rings. The van der Waals surface area contributed by atoms with Crippen LogP contribution in [0.3, 0.4) is 0 Å². The highest BCUT2D eigenvalue weighted by molar-refractivity contribution is 5.92. The van der Waals surface area contributed by atoms with Crippen molar-refractivity contribution in [1.82, 2.24) is 15.4 Å². The quantitative estimate of drug-likeness (QED) is 0.579. The smallest absolute Gasteiger partial charge is 0.273 e. The number of carbonyl (C=O) groups excluding carboxylic acids is 2. The number of carbonyl (C=O) groups is 2. The summed E-state index contributed by atoms with van der Waals surface area (Å²) in [4.78, 5) is 26.4. The Bertz CT molecular complexity index is 845. The SMILES string of the molecule is COCC(=O)N(Cc1cc(C(=O)NCCc2ccc(OC)cc2)no1)CC1CCCO1. The summed E-state index contributed by atoms with van der Waals surface area (Å²) in [5, 5.41) is 6.68. The third-order valence-corrected chi connectivity index (χ3v) is 5.07. The van der Waals surface area contributed by atoms with Crippen LogP contribution in [0.25, 0.3) is 0 Å². The van der Waals surface area contributed by atoms with E-state index in [4.69, 9.17) is 18.7 Å². The van der Waals surface area contributed by atoms with E-state index in [0.29, 0.717) is 31.9 Å². The van der Waals surface area contributed by atoms with Gasteiger partial charge in [0.25, 0.3) is 5.91 Å². The first-order chi connectivity index (χ1) is 15.1. The summed E-state index contributed by atoms with van der Waals surface area (Å²) in [6.07, 6.45) is 2.58. The molecule has 1 unspecified atom stereocenters. The molecule has 1 aromatic carbocycles. The summed E-state index contributed by atoms with van der Waals surface area (Å²) in [5.41, 5.74) is 1.27. The first kappa shape index (κ1) is 22.8. The number of hydrogen-bond donors (Lipinski definition) is 1. The summed E-state index contributed by atoms with van der Waals surface area (Å²) in [7, 11) is 3.10. The molecule has 0 radical (unpaired) electrons. The first-order valence-corrected chi connectivity index (χ1v) is 10.3. The molecule has 9 heteroatoms. The van der Waals surface area contributed by atoms with E-state index in [1.54, 1.807) is 18.1 Å². The van der Waals surface area contributed by atoms with Gasteiger partial charge in [0.05, 0.1) is 19.8 Å². The van der Waals surface area contributed by atoms with Crippen LogP contribution in [0.4, 0.5) is 0 Å². The standard InChI is InChI=1S/C22H29N3O6/c1-28-15-21(26)25(13-18-4-3-11-30-18)14-19-12-20(24-31-19)22(27)23-10-9-16-5-7-17(29-2)8-6-16/h5-8,12,18H,3-4,9-11,13-15H2,1-2H3,(H,23,27). The van der Waals surface area contributed by atoms with Gasteiger partial charge in [-0.05, 0) is 37.0 Å². The van der Waals surface area contributed by atoms with Crippen LogP contribution in [0, 0.1) is 0 Å². The molecule has 9 nitrogen and oxygen atoms in total. The predicted molar refractivity (Wildman–Crippen MR) is 112 cm³/mol. The maximum atomic E-state index is 12.4. The van der Waals surface area contributed by atoms with Crippen LogP contribution >= 0.6 is 0 Å². The van der Waals surface area contributed by atoms with Gasteiger partial charge in [0.2, 0.25) is 5.91 Å². The zero-order chi connectivity index (χ0) is 22.1. The highest BCUT2D eigenvalue weighted by atomic mass is 16.5. The fraction of sp³-hybridized carbons (Fsp3) is 0.500. The molecule has 2 aromatic rings. The van der Waals surface area contributed by atoms with Crippen molar-refractivity contribution in [3.05, 3.63) is 47.3 Å². The molecule has 1 fully saturated rings. The van der Waals surface area contributed by atoms with Crippen molar-refractivity contribution >= 4 is 11.8 Å². The number of aromatic nitrogens is 1. The van der Waals surface area contributed by atoms with Gasteiger partial charge in [-0.2, -0.15) is 0 Å². The minimum absolute atomic E-state index is 0.00412. The maximum Gasteiger partial charge on any atom is 0.273 e. The third-order valence-electron chi connectivity index (χ3n) is 5.07. The van der Waals surface area contributed by atoms with Crippen LogP contribution in [0.5, 0.6) is 5.75 Å². The van der Waals surface area contributed by atoms with E-state index in [9.17, 15) is 9.59 Å². The van der Waals surface area contributed by atoms with Gasteiger partial charge in [0.15, 0.2) is 11.5 Å². The highest BCUT2D eigenvalue weighted by Gasteiger charge is 2.24. The van der Waals surface area contributed by atoms with Gasteiger partial charge in [-0.15, -0.1) is 0 Å². The van der Waals surface area contributed by atoms with Gasteiger partial charge < -0.3 is 29.0 Å². The maximum absolute atomic E-state index is 12.4. The van der Waals surface area contributed by atoms with Crippen molar-refractivity contribution in [2.45, 2.75) is 31.9 Å². The summed E-state index contributed by atoms with van der Waals surface area (Å²) in [5.74, 6) is 0.737. The van der Waals surface area contributed by atoms with Crippen molar-refractivity contribution in [2.75, 3.05) is 40.5 Å². The van der Waals surface area contributed by atoms with E-state index < -0.39 is 0 Å². The molecule has 31 heavy (non-hydrogen) atoms. The lowest BCUT2D eigenvalue weighted by molar-refractivity contribution is -0.137. The molecule has 3 rings (SSSR count). The summed E-state index contributed by atoms with van der Waals surface area (Å²) >= 11 is 0. The number of hydrogen-bond acceptors (Lipinski definition) is 7. The second-order valence-corrected chi connectivity index (χ2v) is 7.37. The molecule has 1 aromatic heterocycles. The molecule has 0 aliphatic carbocycles. The van der Waals surface area contributed by atoms with Crippen LogP contribution in [0.2, 0.25) is 0 Å². The van der Waals surface area contributed by atoms with Gasteiger partial charge in [-0.3, -0.25) is 9.59 Å². The van der Waals surface area contributed by atoms with Crippen molar-refractivity contribution in [2.24, 2.45) is 0 Å². The van der Waals surface area contributed by atoms with Gasteiger partial charge in [-0.1, -0.05) is 17.3 Å². The average Bonchev–Trinajstić information content (AvgIpc) is 3.46. The Morgan fingerprint density at radius 2 is 2.06 bits per heavy atom. The second-order valence-electron chi connectivity index (χ2n) is 7.37. The van der Waals surface area contributed by atoms with Crippen molar-refractivity contribution in [3.8, 4) is 5.75 Å². The molecule has 1 aliphatic heterocycles. The molecule has 0 spiro atoms. The number of ether oxygens (including phenoxy) is 3. The molecule has 168 valence electrons. The lowest BCUT2D eigenvalue weighted by Gasteiger charge is -2.24. The molecule has 0 saturated carbocycles. The number of nitrogens with one attached hydrogen (secondary N) is 1. The Kier molecular flexibility index (Phi) is 8.43. The zero-order valence-corrected chi connectivity index (χ0v) is 18.0. The van der Waals surface area contributed by atoms with E-state index in [-0.39, 0.29) is 36.8 Å². The van der Waals surface area contributed by atoms with Crippen LogP contribution in [0.1, 0.15) is 34.7 Å². The van der Waals surface area contributed by atoms with Gasteiger partial charge >= 0.3 is 0 Å². The lowest BCUT2D eigenvalue weighted by Crippen LogP contribution is -2.38. The largest absolute Gasteiger partial charge is 0.497 e. The summed E-state index contributed by atoms with van der Waals surface area (Å²) in [6, 6.07) is 9.24. The third kappa shape index (κ3) is 6.80. The van der Waals surface area contributed by atoms with E-state index in [2.05, 4.69) is 10.5 Å².